The largest absolute Gasteiger partial charge is 0.494 e. The molecular formula is C26H23F2N3O4S. The predicted octanol–water partition coefficient (Wildman–Crippen LogP) is 3.02. The summed E-state index contributed by atoms with van der Waals surface area (Å²) in [5.74, 6) is 0.217. The molecule has 1 amide bonds. The Morgan fingerprint density at radius 3 is 2.33 bits per heavy atom. The lowest BCUT2D eigenvalue weighted by atomic mass is 10.2. The van der Waals surface area contributed by atoms with E-state index in [9.17, 15) is 23.6 Å². The van der Waals surface area contributed by atoms with Crippen molar-refractivity contribution in [3.05, 3.63) is 73.6 Å². The Labute approximate surface area is 209 Å². The van der Waals surface area contributed by atoms with E-state index in [-0.39, 0.29) is 20.5 Å². The van der Waals surface area contributed by atoms with Crippen molar-refractivity contribution in [3.63, 3.8) is 0 Å². The summed E-state index contributed by atoms with van der Waals surface area (Å²) in [7, 11) is 0. The fourth-order valence-electron chi connectivity index (χ4n) is 3.90. The maximum absolute atomic E-state index is 13.5. The molecule has 1 aromatic heterocycles. The third kappa shape index (κ3) is 5.47. The zero-order valence-corrected chi connectivity index (χ0v) is 20.3. The average Bonchev–Trinajstić information content (AvgIpc) is 3.50. The van der Waals surface area contributed by atoms with Crippen LogP contribution in [0, 0.1) is 11.3 Å². The monoisotopic (exact) mass is 511 g/mol. The van der Waals surface area contributed by atoms with Crippen molar-refractivity contribution in [3.8, 4) is 23.3 Å². The molecule has 7 nitrogen and oxygen atoms in total. The average molecular weight is 512 g/mol. The standard InChI is InChI=1S/C26H23F2N3O4S/c1-2-34-19-11-7-18(8-12-19)31-24(33)22(15-17-5-9-20(10-6-17)35-26(27)28)36-25(31)21(16-29)23(32)30-13-3-4-14-30/h5-12,15,26H,2-4,13-14H2,1H3/b22-15-,25-21-. The highest BCUT2D eigenvalue weighted by atomic mass is 32.1. The van der Waals surface area contributed by atoms with Crippen molar-refractivity contribution in [1.29, 1.82) is 5.26 Å². The number of likely N-dealkylation sites (tertiary alicyclic amines) is 1. The lowest BCUT2D eigenvalue weighted by Gasteiger charge is -2.14. The number of halogens is 2. The molecule has 1 aliphatic rings. The molecule has 1 saturated heterocycles. The molecule has 4 rings (SSSR count). The molecule has 10 heteroatoms. The number of nitrogens with zero attached hydrogens (tertiary/aromatic N) is 3. The fraction of sp³-hybridized carbons (Fsp3) is 0.269. The minimum absolute atomic E-state index is 0.00266. The minimum Gasteiger partial charge on any atom is -0.494 e. The van der Waals surface area contributed by atoms with Gasteiger partial charge in [0, 0.05) is 13.1 Å². The molecule has 0 radical (unpaired) electrons. The second-order valence-corrected chi connectivity index (χ2v) is 8.95. The molecule has 2 heterocycles. The van der Waals surface area contributed by atoms with E-state index in [2.05, 4.69) is 4.74 Å². The third-order valence-electron chi connectivity index (χ3n) is 5.57. The molecule has 0 bridgehead atoms. The summed E-state index contributed by atoms with van der Waals surface area (Å²) in [6.07, 6.45) is 3.32. The number of alkyl halides is 2. The maximum Gasteiger partial charge on any atom is 0.387 e. The highest BCUT2D eigenvalue weighted by molar-refractivity contribution is 7.07. The van der Waals surface area contributed by atoms with Gasteiger partial charge in [-0.3, -0.25) is 14.2 Å². The number of thiazole rings is 1. The van der Waals surface area contributed by atoms with Gasteiger partial charge in [0.05, 0.1) is 16.8 Å². The second kappa shape index (κ2) is 11.2. The topological polar surface area (TPSA) is 84.6 Å². The fourth-order valence-corrected chi connectivity index (χ4v) is 5.00. The first kappa shape index (κ1) is 25.1. The Bertz CT molecular complexity index is 1450. The summed E-state index contributed by atoms with van der Waals surface area (Å²) < 4.78 is 36.6. The first-order valence-electron chi connectivity index (χ1n) is 11.4. The Balaban J connectivity index is 1.89. The van der Waals surface area contributed by atoms with E-state index in [1.54, 1.807) is 47.4 Å². The molecule has 0 spiro atoms. The smallest absolute Gasteiger partial charge is 0.387 e. The van der Waals surface area contributed by atoms with Gasteiger partial charge in [0.2, 0.25) is 0 Å². The van der Waals surface area contributed by atoms with Crippen LogP contribution in [0.3, 0.4) is 0 Å². The van der Waals surface area contributed by atoms with Crippen LogP contribution < -0.4 is 24.2 Å². The van der Waals surface area contributed by atoms with Gasteiger partial charge in [-0.05, 0) is 67.8 Å². The summed E-state index contributed by atoms with van der Waals surface area (Å²) in [5, 5.41) is 9.94. The number of ether oxygens (including phenoxy) is 2. The normalized spacial score (nSPS) is 14.6. The summed E-state index contributed by atoms with van der Waals surface area (Å²) in [6.45, 7) is 0.541. The van der Waals surface area contributed by atoms with Gasteiger partial charge in [-0.15, -0.1) is 11.3 Å². The molecule has 0 atom stereocenters. The number of benzene rings is 2. The van der Waals surface area contributed by atoms with E-state index in [0.29, 0.717) is 36.7 Å². The van der Waals surface area contributed by atoms with Crippen LogP contribution in [0.15, 0.2) is 53.3 Å². The van der Waals surface area contributed by atoms with Gasteiger partial charge in [0.1, 0.15) is 22.2 Å². The second-order valence-electron chi connectivity index (χ2n) is 7.92. The zero-order chi connectivity index (χ0) is 25.7. The van der Waals surface area contributed by atoms with Crippen LogP contribution in [-0.4, -0.2) is 41.7 Å². The molecule has 0 N–H and O–H groups in total. The van der Waals surface area contributed by atoms with E-state index in [1.165, 1.54) is 16.7 Å². The van der Waals surface area contributed by atoms with Crippen LogP contribution in [-0.2, 0) is 4.79 Å². The maximum atomic E-state index is 13.5. The van der Waals surface area contributed by atoms with Crippen molar-refractivity contribution < 1.29 is 23.0 Å². The summed E-state index contributed by atoms with van der Waals surface area (Å²) in [5.41, 5.74) is 0.545. The van der Waals surface area contributed by atoms with E-state index in [1.807, 2.05) is 13.0 Å². The molecule has 1 fully saturated rings. The molecule has 36 heavy (non-hydrogen) atoms. The SMILES string of the molecule is CCOc1ccc(-n2c(=O)/c(=C/c3ccc(OC(F)F)cc3)s/c2=C(/C#N)C(=O)N2CCCC2)cc1. The molecule has 0 saturated carbocycles. The van der Waals surface area contributed by atoms with Crippen LogP contribution in [0.2, 0.25) is 0 Å². The summed E-state index contributed by atoms with van der Waals surface area (Å²) in [4.78, 5) is 28.3. The molecule has 0 aliphatic carbocycles. The number of amides is 1. The number of nitriles is 1. The van der Waals surface area contributed by atoms with Gasteiger partial charge in [0.25, 0.3) is 11.5 Å². The van der Waals surface area contributed by atoms with Crippen LogP contribution in [0.1, 0.15) is 25.3 Å². The molecule has 2 aromatic carbocycles. The number of aromatic nitrogens is 1. The van der Waals surface area contributed by atoms with Gasteiger partial charge in [0.15, 0.2) is 5.57 Å². The van der Waals surface area contributed by atoms with E-state index in [4.69, 9.17) is 4.74 Å². The Kier molecular flexibility index (Phi) is 7.80. The number of rotatable bonds is 7. The lowest BCUT2D eigenvalue weighted by Crippen LogP contribution is -2.35. The molecular weight excluding hydrogens is 488 g/mol. The Morgan fingerprint density at radius 1 is 1.11 bits per heavy atom. The molecule has 186 valence electrons. The highest BCUT2D eigenvalue weighted by Gasteiger charge is 2.24. The van der Waals surface area contributed by atoms with Crippen LogP contribution in [0.4, 0.5) is 8.78 Å². The molecule has 1 aliphatic heterocycles. The molecule has 0 unspecified atom stereocenters. The first-order valence-corrected chi connectivity index (χ1v) is 12.2. The van der Waals surface area contributed by atoms with Crippen LogP contribution in [0.5, 0.6) is 11.5 Å². The van der Waals surface area contributed by atoms with E-state index in [0.717, 1.165) is 24.2 Å². The Hall–Kier alpha value is -3.97. The highest BCUT2D eigenvalue weighted by Crippen LogP contribution is 2.17. The van der Waals surface area contributed by atoms with Crippen molar-refractivity contribution in [2.75, 3.05) is 19.7 Å². The van der Waals surface area contributed by atoms with Crippen LogP contribution in [0.25, 0.3) is 17.3 Å². The minimum atomic E-state index is -2.94. The van der Waals surface area contributed by atoms with Gasteiger partial charge in [-0.1, -0.05) is 12.1 Å². The van der Waals surface area contributed by atoms with Gasteiger partial charge in [-0.2, -0.15) is 14.0 Å². The van der Waals surface area contributed by atoms with E-state index < -0.39 is 18.1 Å². The van der Waals surface area contributed by atoms with Gasteiger partial charge in [-0.25, -0.2) is 0 Å². The molecule has 3 aromatic rings. The first-order chi connectivity index (χ1) is 17.4. The third-order valence-corrected chi connectivity index (χ3v) is 6.66. The van der Waals surface area contributed by atoms with Crippen molar-refractivity contribution >= 4 is 28.9 Å². The number of carbonyl (C=O) groups is 1. The van der Waals surface area contributed by atoms with E-state index >= 15 is 0 Å². The quantitative estimate of drug-likeness (QED) is 0.487. The number of carbonyl (C=O) groups excluding carboxylic acids is 1. The van der Waals surface area contributed by atoms with Gasteiger partial charge < -0.3 is 14.4 Å². The summed E-state index contributed by atoms with van der Waals surface area (Å²) in [6, 6.07) is 14.7. The summed E-state index contributed by atoms with van der Waals surface area (Å²) >= 11 is 1.03. The number of hydrogen-bond donors (Lipinski definition) is 0. The van der Waals surface area contributed by atoms with Crippen molar-refractivity contribution in [1.82, 2.24) is 9.47 Å². The zero-order valence-electron chi connectivity index (χ0n) is 19.4. The Morgan fingerprint density at radius 2 is 1.75 bits per heavy atom. The van der Waals surface area contributed by atoms with Gasteiger partial charge >= 0.3 is 6.61 Å². The van der Waals surface area contributed by atoms with Crippen molar-refractivity contribution in [2.24, 2.45) is 0 Å². The lowest BCUT2D eigenvalue weighted by molar-refractivity contribution is -0.123. The number of hydrogen-bond acceptors (Lipinski definition) is 6. The predicted molar refractivity (Wildman–Crippen MR) is 132 cm³/mol. The van der Waals surface area contributed by atoms with Crippen molar-refractivity contribution in [2.45, 2.75) is 26.4 Å². The van der Waals surface area contributed by atoms with Crippen LogP contribution >= 0.6 is 11.3 Å².